The molecule has 1 heterocycles. The van der Waals surface area contributed by atoms with Gasteiger partial charge in [0.2, 0.25) is 0 Å². The number of hydrogen-bond donors (Lipinski definition) is 1. The van der Waals surface area contributed by atoms with Crippen molar-refractivity contribution in [2.24, 2.45) is 0 Å². The Kier molecular flexibility index (Phi) is 5.19. The van der Waals surface area contributed by atoms with E-state index in [1.165, 1.54) is 0 Å². The van der Waals surface area contributed by atoms with Gasteiger partial charge in [0.1, 0.15) is 0 Å². The molecule has 0 amide bonds. The Hall–Kier alpha value is -1.88. The van der Waals surface area contributed by atoms with Crippen LogP contribution >= 0.6 is 11.6 Å². The highest BCUT2D eigenvalue weighted by Crippen LogP contribution is 2.34. The number of rotatable bonds is 4. The fourth-order valence-electron chi connectivity index (χ4n) is 3.29. The molecule has 5 heteroatoms. The number of hydrogen-bond acceptors (Lipinski definition) is 3. The van der Waals surface area contributed by atoms with Crippen molar-refractivity contribution in [3.63, 3.8) is 0 Å². The van der Waals surface area contributed by atoms with Gasteiger partial charge in [0.15, 0.2) is 0 Å². The van der Waals surface area contributed by atoms with Gasteiger partial charge >= 0.3 is 5.97 Å². The molecule has 1 fully saturated rings. The van der Waals surface area contributed by atoms with Crippen molar-refractivity contribution < 1.29 is 9.90 Å². The highest BCUT2D eigenvalue weighted by molar-refractivity contribution is 6.20. The fourth-order valence-corrected chi connectivity index (χ4v) is 3.73. The third-order valence-corrected chi connectivity index (χ3v) is 4.88. The van der Waals surface area contributed by atoms with Gasteiger partial charge in [-0.3, -0.25) is 4.90 Å². The summed E-state index contributed by atoms with van der Waals surface area (Å²) in [4.78, 5) is 16.1. The molecule has 2 atom stereocenters. The molecule has 4 nitrogen and oxygen atoms in total. The number of carboxylic acids is 1. The summed E-state index contributed by atoms with van der Waals surface area (Å²) in [6, 6.07) is 17.0. The Morgan fingerprint density at radius 3 is 2.46 bits per heavy atom. The molecule has 0 spiro atoms. The van der Waals surface area contributed by atoms with Crippen LogP contribution in [0.3, 0.4) is 0 Å². The van der Waals surface area contributed by atoms with Crippen LogP contribution in [0.15, 0.2) is 54.6 Å². The lowest BCUT2D eigenvalue weighted by Crippen LogP contribution is -2.50. The zero-order chi connectivity index (χ0) is 17.1. The Bertz CT molecular complexity index is 708. The molecule has 2 aromatic carbocycles. The van der Waals surface area contributed by atoms with Gasteiger partial charge in [-0.25, -0.2) is 4.79 Å². The lowest BCUT2D eigenvalue weighted by Gasteiger charge is -2.42. The summed E-state index contributed by atoms with van der Waals surface area (Å²) in [6.45, 7) is 2.44. The average Bonchev–Trinajstić information content (AvgIpc) is 2.58. The molecule has 0 aromatic heterocycles. The third kappa shape index (κ3) is 3.46. The van der Waals surface area contributed by atoms with Crippen molar-refractivity contribution in [1.29, 1.82) is 0 Å². The van der Waals surface area contributed by atoms with Crippen LogP contribution < -0.4 is 0 Å². The van der Waals surface area contributed by atoms with Gasteiger partial charge in [-0.15, -0.1) is 11.6 Å². The topological polar surface area (TPSA) is 43.8 Å². The van der Waals surface area contributed by atoms with Crippen LogP contribution in [-0.4, -0.2) is 53.1 Å². The van der Waals surface area contributed by atoms with Crippen molar-refractivity contribution in [2.75, 3.05) is 26.7 Å². The molecule has 1 aliphatic rings. The summed E-state index contributed by atoms with van der Waals surface area (Å²) in [5, 5.41) is 9.61. The number of piperazine rings is 1. The van der Waals surface area contributed by atoms with E-state index >= 15 is 0 Å². The lowest BCUT2D eigenvalue weighted by molar-refractivity contribution is 0.0688. The lowest BCUT2D eigenvalue weighted by atomic mass is 9.92. The van der Waals surface area contributed by atoms with E-state index in [1.807, 2.05) is 42.5 Å². The molecule has 24 heavy (non-hydrogen) atoms. The molecule has 0 aliphatic carbocycles. The smallest absolute Gasteiger partial charge is 0.336 e. The van der Waals surface area contributed by atoms with Crippen LogP contribution in [0, 0.1) is 0 Å². The predicted molar refractivity (Wildman–Crippen MR) is 95.5 cm³/mol. The molecule has 2 unspecified atom stereocenters. The molecule has 3 rings (SSSR count). The minimum Gasteiger partial charge on any atom is -0.478 e. The van der Waals surface area contributed by atoms with Gasteiger partial charge in [-0.1, -0.05) is 48.5 Å². The summed E-state index contributed by atoms with van der Waals surface area (Å²) in [7, 11) is 2.05. The van der Waals surface area contributed by atoms with Crippen LogP contribution in [0.1, 0.15) is 27.5 Å². The van der Waals surface area contributed by atoms with Crippen molar-refractivity contribution >= 4 is 17.6 Å². The number of halogens is 1. The van der Waals surface area contributed by atoms with E-state index in [-0.39, 0.29) is 11.5 Å². The number of alkyl halides is 1. The highest BCUT2D eigenvalue weighted by Gasteiger charge is 2.33. The van der Waals surface area contributed by atoms with Gasteiger partial charge in [0, 0.05) is 19.6 Å². The first-order valence-corrected chi connectivity index (χ1v) is 8.47. The van der Waals surface area contributed by atoms with E-state index < -0.39 is 5.97 Å². The van der Waals surface area contributed by atoms with Gasteiger partial charge in [-0.2, -0.15) is 0 Å². The maximum absolute atomic E-state index is 11.7. The SMILES string of the molecule is CN1CCN(C(c2ccccc2)c2ccccc2C(=O)O)C(Cl)C1. The highest BCUT2D eigenvalue weighted by atomic mass is 35.5. The van der Waals surface area contributed by atoms with E-state index in [1.54, 1.807) is 12.1 Å². The van der Waals surface area contributed by atoms with E-state index in [4.69, 9.17) is 11.6 Å². The molecule has 1 saturated heterocycles. The van der Waals surface area contributed by atoms with Crippen LogP contribution in [0.25, 0.3) is 0 Å². The number of aromatic carboxylic acids is 1. The normalized spacial score (nSPS) is 20.7. The Labute approximate surface area is 147 Å². The third-order valence-electron chi connectivity index (χ3n) is 4.49. The fraction of sp³-hybridized carbons (Fsp3) is 0.316. The molecule has 126 valence electrons. The van der Waals surface area contributed by atoms with Gasteiger partial charge in [0.05, 0.1) is 17.1 Å². The van der Waals surface area contributed by atoms with Crippen LogP contribution in [0.2, 0.25) is 0 Å². The number of benzene rings is 2. The number of carbonyl (C=O) groups is 1. The summed E-state index contributed by atoms with van der Waals surface area (Å²) >= 11 is 6.64. The summed E-state index contributed by atoms with van der Waals surface area (Å²) < 4.78 is 0. The summed E-state index contributed by atoms with van der Waals surface area (Å²) in [5.74, 6) is -0.910. The Morgan fingerprint density at radius 1 is 1.12 bits per heavy atom. The standard InChI is InChI=1S/C19H21ClN2O2/c1-21-11-12-22(17(20)13-21)18(14-7-3-2-4-8-14)15-9-5-6-10-16(15)19(23)24/h2-10,17-18H,11-13H2,1H3,(H,23,24). The molecular weight excluding hydrogens is 324 g/mol. The second-order valence-electron chi connectivity index (χ2n) is 6.14. The molecular formula is C19H21ClN2O2. The first-order valence-electron chi connectivity index (χ1n) is 8.03. The second kappa shape index (κ2) is 7.34. The van der Waals surface area contributed by atoms with E-state index in [9.17, 15) is 9.90 Å². The minimum atomic E-state index is -0.910. The second-order valence-corrected chi connectivity index (χ2v) is 6.64. The van der Waals surface area contributed by atoms with Gasteiger partial charge < -0.3 is 10.0 Å². The average molecular weight is 345 g/mol. The first kappa shape index (κ1) is 17.0. The van der Waals surface area contributed by atoms with E-state index in [0.29, 0.717) is 5.56 Å². The number of nitrogens with zero attached hydrogens (tertiary/aromatic N) is 2. The van der Waals surface area contributed by atoms with Gasteiger partial charge in [0.25, 0.3) is 0 Å². The van der Waals surface area contributed by atoms with Crippen molar-refractivity contribution in [1.82, 2.24) is 9.80 Å². The molecule has 0 saturated carbocycles. The molecule has 1 aliphatic heterocycles. The van der Waals surface area contributed by atoms with Gasteiger partial charge in [-0.05, 0) is 24.2 Å². The van der Waals surface area contributed by atoms with Crippen molar-refractivity contribution in [2.45, 2.75) is 11.5 Å². The predicted octanol–water partition coefficient (Wildman–Crippen LogP) is 3.29. The molecule has 0 radical (unpaired) electrons. The van der Waals surface area contributed by atoms with Crippen LogP contribution in [-0.2, 0) is 0 Å². The van der Waals surface area contributed by atoms with E-state index in [2.05, 4.69) is 16.8 Å². The van der Waals surface area contributed by atoms with E-state index in [0.717, 1.165) is 30.8 Å². The molecule has 0 bridgehead atoms. The van der Waals surface area contributed by atoms with Crippen LogP contribution in [0.5, 0.6) is 0 Å². The largest absolute Gasteiger partial charge is 0.478 e. The van der Waals surface area contributed by atoms with Crippen molar-refractivity contribution in [3.8, 4) is 0 Å². The molecule has 2 aromatic rings. The maximum Gasteiger partial charge on any atom is 0.336 e. The Balaban J connectivity index is 2.09. The quantitative estimate of drug-likeness (QED) is 0.683. The zero-order valence-electron chi connectivity index (χ0n) is 13.6. The number of carboxylic acid groups (broad SMARTS) is 1. The van der Waals surface area contributed by atoms with Crippen molar-refractivity contribution in [3.05, 3.63) is 71.3 Å². The monoisotopic (exact) mass is 344 g/mol. The summed E-state index contributed by atoms with van der Waals surface area (Å²) in [6.07, 6.45) is 0. The number of likely N-dealkylation sites (N-methyl/N-ethyl adjacent to an activating group) is 1. The summed E-state index contributed by atoms with van der Waals surface area (Å²) in [5.41, 5.74) is 2.00. The first-order chi connectivity index (χ1) is 11.6. The molecule has 1 N–H and O–H groups in total. The maximum atomic E-state index is 11.7. The van der Waals surface area contributed by atoms with Crippen LogP contribution in [0.4, 0.5) is 0 Å². The Morgan fingerprint density at radius 2 is 1.79 bits per heavy atom. The zero-order valence-corrected chi connectivity index (χ0v) is 14.4. The minimum absolute atomic E-state index is 0.171.